The molecule has 2 unspecified atom stereocenters. The molecule has 0 aromatic carbocycles. The van der Waals surface area contributed by atoms with Crippen LogP contribution in [0.2, 0.25) is 0 Å². The number of aliphatic hydroxyl groups excluding tert-OH is 1. The monoisotopic (exact) mass is 783 g/mol. The molecule has 0 saturated heterocycles. The number of aliphatic hydroxyl groups is 1. The highest BCUT2D eigenvalue weighted by Crippen LogP contribution is 2.42. The van der Waals surface area contributed by atoms with Gasteiger partial charge in [0, 0.05) is 19.4 Å². The number of phosphoric ester groups is 1. The summed E-state index contributed by atoms with van der Waals surface area (Å²) in [5.74, 6) is -0.650. The molecule has 10 heteroatoms. The smallest absolute Gasteiger partial charge is 0.463 e. The van der Waals surface area contributed by atoms with Crippen LogP contribution in [-0.4, -0.2) is 54.3 Å². The number of amides is 1. The number of hydrogen-bond acceptors (Lipinski definition) is 7. The lowest BCUT2D eigenvalue weighted by Crippen LogP contribution is -2.27. The molecule has 9 nitrogen and oxygen atoms in total. The second-order valence-electron chi connectivity index (χ2n) is 12.5. The first-order valence-electron chi connectivity index (χ1n) is 20.0. The van der Waals surface area contributed by atoms with Gasteiger partial charge in [-0.3, -0.25) is 18.6 Å². The molecule has 0 spiro atoms. The minimum Gasteiger partial charge on any atom is -0.463 e. The molecule has 0 aliphatic rings. The van der Waals surface area contributed by atoms with E-state index < -0.39 is 26.5 Å². The van der Waals surface area contributed by atoms with E-state index in [-0.39, 0.29) is 32.1 Å². The Morgan fingerprint density at radius 3 is 1.36 bits per heavy atom. The van der Waals surface area contributed by atoms with E-state index in [0.29, 0.717) is 19.3 Å². The number of carbonyl (C=O) groups is 2. The summed E-state index contributed by atoms with van der Waals surface area (Å²) >= 11 is 0. The van der Waals surface area contributed by atoms with Gasteiger partial charge in [-0.25, -0.2) is 4.57 Å². The van der Waals surface area contributed by atoms with Crippen molar-refractivity contribution in [2.75, 3.05) is 26.4 Å². The fourth-order valence-electron chi connectivity index (χ4n) is 4.45. The van der Waals surface area contributed by atoms with Crippen LogP contribution in [0, 0.1) is 0 Å². The zero-order valence-electron chi connectivity index (χ0n) is 33.6. The second kappa shape index (κ2) is 40.1. The van der Waals surface area contributed by atoms with E-state index in [4.69, 9.17) is 13.8 Å². The molecule has 1 amide bonds. The van der Waals surface area contributed by atoms with E-state index in [0.717, 1.165) is 77.0 Å². The molecule has 0 aromatic heterocycles. The molecule has 55 heavy (non-hydrogen) atoms. The molecular formula is C45H70NO8P. The molecule has 0 rings (SSSR count). The van der Waals surface area contributed by atoms with Gasteiger partial charge in [-0.15, -0.1) is 0 Å². The number of allylic oxidation sites excluding steroid dienone is 20. The number of esters is 1. The zero-order valence-corrected chi connectivity index (χ0v) is 34.5. The lowest BCUT2D eigenvalue weighted by atomic mass is 10.2. The molecule has 2 atom stereocenters. The standard InChI is InChI=1S/C45H70NO8P/c1-3-5-7-9-11-13-15-17-19-21-23-25-27-29-31-33-35-37-44(48)46-39-40-53-55(50,51)54-42-43(47)41-52-45(49)38-36-34-32-30-28-26-24-22-20-18-16-14-12-10-8-6-4-2/h5-8,11-14,17-20,23-26,29-32,43,47H,3-4,9-10,15-16,21-22,27-28,33-42H2,1-2H3,(H,46,48)(H,50,51)/b7-5-,8-6-,13-11-,14-12-,19-17-,20-18-,25-23-,26-24-,31-29-,32-30-. The van der Waals surface area contributed by atoms with Crippen molar-refractivity contribution in [3.05, 3.63) is 122 Å². The van der Waals surface area contributed by atoms with Gasteiger partial charge in [0.05, 0.1) is 13.2 Å². The van der Waals surface area contributed by atoms with E-state index in [1.54, 1.807) is 0 Å². The van der Waals surface area contributed by atoms with Crippen LogP contribution in [0.1, 0.15) is 117 Å². The van der Waals surface area contributed by atoms with Crippen LogP contribution in [0.4, 0.5) is 0 Å². The van der Waals surface area contributed by atoms with Crippen molar-refractivity contribution < 1.29 is 37.9 Å². The summed E-state index contributed by atoms with van der Waals surface area (Å²) in [5, 5.41) is 12.6. The normalized spacial score (nSPS) is 14.6. The number of ether oxygens (including phenoxy) is 1. The van der Waals surface area contributed by atoms with Crippen molar-refractivity contribution in [2.24, 2.45) is 0 Å². The topological polar surface area (TPSA) is 131 Å². The molecule has 0 heterocycles. The number of rotatable bonds is 35. The van der Waals surface area contributed by atoms with Gasteiger partial charge in [-0.1, -0.05) is 135 Å². The highest BCUT2D eigenvalue weighted by molar-refractivity contribution is 7.47. The summed E-state index contributed by atoms with van der Waals surface area (Å²) in [7, 11) is -4.45. The van der Waals surface area contributed by atoms with Crippen LogP contribution >= 0.6 is 7.82 Å². The van der Waals surface area contributed by atoms with Crippen molar-refractivity contribution in [3.63, 3.8) is 0 Å². The van der Waals surface area contributed by atoms with Gasteiger partial charge in [0.25, 0.3) is 0 Å². The number of carbonyl (C=O) groups excluding carboxylic acids is 2. The third-order valence-electron chi connectivity index (χ3n) is 7.39. The van der Waals surface area contributed by atoms with Crippen LogP contribution < -0.4 is 5.32 Å². The van der Waals surface area contributed by atoms with Crippen LogP contribution in [-0.2, 0) is 27.9 Å². The lowest BCUT2D eigenvalue weighted by molar-refractivity contribution is -0.147. The fourth-order valence-corrected chi connectivity index (χ4v) is 5.21. The summed E-state index contributed by atoms with van der Waals surface area (Å²) in [6.07, 6.45) is 54.3. The summed E-state index contributed by atoms with van der Waals surface area (Å²) in [4.78, 5) is 33.8. The largest absolute Gasteiger partial charge is 0.472 e. The zero-order chi connectivity index (χ0) is 40.3. The summed E-state index contributed by atoms with van der Waals surface area (Å²) in [6, 6.07) is 0. The third-order valence-corrected chi connectivity index (χ3v) is 8.37. The van der Waals surface area contributed by atoms with Gasteiger partial charge in [-0.2, -0.15) is 0 Å². The summed E-state index contributed by atoms with van der Waals surface area (Å²) in [5.41, 5.74) is 0. The van der Waals surface area contributed by atoms with Crippen molar-refractivity contribution in [3.8, 4) is 0 Å². The maximum absolute atomic E-state index is 12.1. The van der Waals surface area contributed by atoms with Crippen molar-refractivity contribution >= 4 is 19.7 Å². The molecule has 0 aliphatic carbocycles. The van der Waals surface area contributed by atoms with Gasteiger partial charge < -0.3 is 20.1 Å². The Hall–Kier alpha value is -3.59. The van der Waals surface area contributed by atoms with Crippen molar-refractivity contribution in [1.82, 2.24) is 5.32 Å². The van der Waals surface area contributed by atoms with Crippen LogP contribution in [0.25, 0.3) is 0 Å². The Kier molecular flexibility index (Phi) is 37.5. The maximum Gasteiger partial charge on any atom is 0.472 e. The molecule has 0 aromatic rings. The van der Waals surface area contributed by atoms with Gasteiger partial charge in [0.2, 0.25) is 5.91 Å². The SMILES string of the molecule is CC/C=C\C/C=C\C/C=C\C/C=C\C/C=C\CCCC(=O)NCCOP(=O)(O)OCC(O)COC(=O)CCC/C=C\C/C=C\C/C=C\C/C=C\C/C=C\CC. The molecule has 3 N–H and O–H groups in total. The number of hydrogen-bond donors (Lipinski definition) is 3. The first-order valence-corrected chi connectivity index (χ1v) is 21.5. The average Bonchev–Trinajstić information content (AvgIpc) is 3.17. The molecule has 0 saturated carbocycles. The molecule has 308 valence electrons. The van der Waals surface area contributed by atoms with E-state index in [9.17, 15) is 24.2 Å². The molecule has 0 fully saturated rings. The minimum absolute atomic E-state index is 0.0359. The first kappa shape index (κ1) is 51.4. The van der Waals surface area contributed by atoms with Crippen LogP contribution in [0.3, 0.4) is 0 Å². The van der Waals surface area contributed by atoms with Gasteiger partial charge in [0.15, 0.2) is 0 Å². The summed E-state index contributed by atoms with van der Waals surface area (Å²) in [6.45, 7) is 3.14. The van der Waals surface area contributed by atoms with E-state index in [1.807, 2.05) is 6.08 Å². The van der Waals surface area contributed by atoms with E-state index in [2.05, 4.69) is 135 Å². The Balaban J connectivity index is 3.81. The quantitative estimate of drug-likeness (QED) is 0.0251. The van der Waals surface area contributed by atoms with Crippen molar-refractivity contribution in [1.29, 1.82) is 0 Å². The predicted octanol–water partition coefficient (Wildman–Crippen LogP) is 11.0. The number of unbranched alkanes of at least 4 members (excludes halogenated alkanes) is 2. The Morgan fingerprint density at radius 2 is 0.945 bits per heavy atom. The van der Waals surface area contributed by atoms with Gasteiger partial charge >= 0.3 is 13.8 Å². The van der Waals surface area contributed by atoms with E-state index in [1.165, 1.54) is 0 Å². The second-order valence-corrected chi connectivity index (χ2v) is 13.9. The minimum atomic E-state index is -4.45. The maximum atomic E-state index is 12.1. The highest BCUT2D eigenvalue weighted by Gasteiger charge is 2.23. The summed E-state index contributed by atoms with van der Waals surface area (Å²) < 4.78 is 26.7. The predicted molar refractivity (Wildman–Crippen MR) is 228 cm³/mol. The molecular weight excluding hydrogens is 713 g/mol. The first-order chi connectivity index (χ1) is 26.8. The Labute approximate surface area is 332 Å². The van der Waals surface area contributed by atoms with Crippen molar-refractivity contribution in [2.45, 2.75) is 123 Å². The molecule has 0 aliphatic heterocycles. The Bertz CT molecular complexity index is 1310. The molecule has 0 bridgehead atoms. The van der Waals surface area contributed by atoms with Crippen LogP contribution in [0.15, 0.2) is 122 Å². The van der Waals surface area contributed by atoms with Crippen LogP contribution in [0.5, 0.6) is 0 Å². The number of nitrogens with one attached hydrogen (secondary N) is 1. The highest BCUT2D eigenvalue weighted by atomic mass is 31.2. The third kappa shape index (κ3) is 41.4. The lowest BCUT2D eigenvalue weighted by Gasteiger charge is -2.15. The number of phosphoric acid groups is 1. The fraction of sp³-hybridized carbons (Fsp3) is 0.511. The molecule has 0 radical (unpaired) electrons. The van der Waals surface area contributed by atoms with Gasteiger partial charge in [0.1, 0.15) is 12.7 Å². The average molecular weight is 784 g/mol. The van der Waals surface area contributed by atoms with Gasteiger partial charge in [-0.05, 0) is 89.9 Å². The Morgan fingerprint density at radius 1 is 0.564 bits per heavy atom. The van der Waals surface area contributed by atoms with E-state index >= 15 is 0 Å².